The third kappa shape index (κ3) is 26.2. The van der Waals surface area contributed by atoms with Gasteiger partial charge >= 0.3 is 7.95 Å². The van der Waals surface area contributed by atoms with E-state index >= 15 is 0 Å². The summed E-state index contributed by atoms with van der Waals surface area (Å²) in [4.78, 5) is 0. The van der Waals surface area contributed by atoms with Crippen LogP contribution >= 0.6 is 31.4 Å². The van der Waals surface area contributed by atoms with Gasteiger partial charge in [-0.1, -0.05) is 142 Å². The Labute approximate surface area is 272 Å². The molecule has 0 spiro atoms. The van der Waals surface area contributed by atoms with Crippen LogP contribution in [-0.4, -0.2) is 33.5 Å². The van der Waals surface area contributed by atoms with E-state index in [0.717, 1.165) is 5.75 Å². The van der Waals surface area contributed by atoms with E-state index in [-0.39, 0.29) is 8.41 Å². The van der Waals surface area contributed by atoms with Crippen LogP contribution in [0, 0.1) is 0 Å². The predicted molar refractivity (Wildman–Crippen MR) is 198 cm³/mol. The maximum Gasteiger partial charge on any atom is 0.808 e. The second kappa shape index (κ2) is 34.1. The standard InChI is InChI=1S/C33H69O3S4Si/c1-6-11-12-13-14-15-16-17-18-19-20-21-22-23-24-25-26-27-28-29-30-31-33-38-40(39-37-32-7-2)41(34-8-3,35-9-4)36-10-5/h31,33H,6-30,32H2,1-5H3/q+1. The van der Waals surface area contributed by atoms with Crippen molar-refractivity contribution in [3.05, 3.63) is 11.5 Å². The van der Waals surface area contributed by atoms with Gasteiger partial charge in [0.05, 0.1) is 0 Å². The van der Waals surface area contributed by atoms with Crippen LogP contribution in [0.2, 0.25) is 0 Å². The third-order valence-electron chi connectivity index (χ3n) is 7.03. The van der Waals surface area contributed by atoms with Gasteiger partial charge in [-0.3, -0.25) is 0 Å². The summed E-state index contributed by atoms with van der Waals surface area (Å²) in [5.41, 5.74) is 0. The van der Waals surface area contributed by atoms with Crippen molar-refractivity contribution in [1.29, 1.82) is 0 Å². The summed E-state index contributed by atoms with van der Waals surface area (Å²) in [6.07, 6.45) is 33.4. The lowest BCUT2D eigenvalue weighted by Gasteiger charge is -2.22. The van der Waals surface area contributed by atoms with Crippen molar-refractivity contribution < 1.29 is 13.3 Å². The molecule has 0 aliphatic heterocycles. The summed E-state index contributed by atoms with van der Waals surface area (Å²) in [5.74, 6) is 1.15. The summed E-state index contributed by atoms with van der Waals surface area (Å²) in [5, 5.41) is 2.29. The Hall–Kier alpha value is 1.24. The molecule has 0 radical (unpaired) electrons. The highest BCUT2D eigenvalue weighted by molar-refractivity contribution is 9.29. The van der Waals surface area contributed by atoms with Crippen molar-refractivity contribution in [2.75, 3.05) is 25.6 Å². The van der Waals surface area contributed by atoms with Crippen molar-refractivity contribution in [1.82, 2.24) is 0 Å². The van der Waals surface area contributed by atoms with Gasteiger partial charge in [0.2, 0.25) is 0 Å². The Balaban J connectivity index is 3.81. The Morgan fingerprint density at radius 3 is 1.27 bits per heavy atom. The van der Waals surface area contributed by atoms with Crippen molar-refractivity contribution in [3.63, 3.8) is 0 Å². The lowest BCUT2D eigenvalue weighted by molar-refractivity contribution is 0.0966. The molecule has 41 heavy (non-hydrogen) atoms. The van der Waals surface area contributed by atoms with Gasteiger partial charge in [-0.15, -0.1) is 0 Å². The molecule has 0 bridgehead atoms. The number of rotatable bonds is 34. The van der Waals surface area contributed by atoms with Gasteiger partial charge in [-0.05, 0) is 50.8 Å². The molecule has 0 aliphatic rings. The predicted octanol–water partition coefficient (Wildman–Crippen LogP) is 13.2. The first-order valence-corrected chi connectivity index (χ1v) is 25.4. The lowest BCUT2D eigenvalue weighted by Crippen LogP contribution is -2.51. The first-order chi connectivity index (χ1) is 20.2. The zero-order valence-electron chi connectivity index (χ0n) is 27.9. The Bertz CT molecular complexity index is 526. The van der Waals surface area contributed by atoms with E-state index in [1.807, 2.05) is 52.2 Å². The van der Waals surface area contributed by atoms with Gasteiger partial charge in [0, 0.05) is 31.0 Å². The van der Waals surface area contributed by atoms with Gasteiger partial charge in [0.25, 0.3) is 0 Å². The molecule has 0 amide bonds. The largest absolute Gasteiger partial charge is 0.808 e. The zero-order chi connectivity index (χ0) is 30.1. The van der Waals surface area contributed by atoms with Crippen LogP contribution in [0.25, 0.3) is 0 Å². The zero-order valence-corrected chi connectivity index (χ0v) is 32.2. The number of unbranched alkanes of at least 4 members (excludes halogenated alkanes) is 20. The molecule has 246 valence electrons. The van der Waals surface area contributed by atoms with Crippen LogP contribution in [0.1, 0.15) is 176 Å². The minimum Gasteiger partial charge on any atom is -0.331 e. The molecule has 1 unspecified atom stereocenters. The minimum atomic E-state index is -2.71. The van der Waals surface area contributed by atoms with Gasteiger partial charge in [0.1, 0.15) is 10.8 Å². The molecule has 0 N–H and O–H groups in total. The van der Waals surface area contributed by atoms with Crippen LogP contribution in [0.4, 0.5) is 0 Å². The third-order valence-corrected chi connectivity index (χ3v) is 25.5. The molecule has 0 heterocycles. The SMILES string of the molecule is CCCCCCCCCCCCCCCCCCCCCCC=CS[S+](SSCCC)[Si](OCC)(OCC)OCC. The van der Waals surface area contributed by atoms with Crippen molar-refractivity contribution in [2.45, 2.75) is 176 Å². The Morgan fingerprint density at radius 1 is 0.512 bits per heavy atom. The topological polar surface area (TPSA) is 27.7 Å². The second-order valence-electron chi connectivity index (χ2n) is 10.9. The fraction of sp³-hybridized carbons (Fsp3) is 0.939. The summed E-state index contributed by atoms with van der Waals surface area (Å²) in [6, 6.07) is 0. The Kier molecular flexibility index (Phi) is 35.1. The number of hydrogen-bond donors (Lipinski definition) is 0. The van der Waals surface area contributed by atoms with Crippen LogP contribution < -0.4 is 0 Å². The number of allylic oxidation sites excluding steroid dienone is 1. The van der Waals surface area contributed by atoms with Crippen LogP contribution in [-0.2, 0) is 21.7 Å². The molecule has 3 nitrogen and oxygen atoms in total. The van der Waals surface area contributed by atoms with Gasteiger partial charge in [0.15, 0.2) is 18.2 Å². The maximum atomic E-state index is 6.22. The average Bonchev–Trinajstić information content (AvgIpc) is 2.97. The van der Waals surface area contributed by atoms with E-state index in [1.165, 1.54) is 141 Å². The van der Waals surface area contributed by atoms with Crippen LogP contribution in [0.15, 0.2) is 11.5 Å². The average molecular weight is 670 g/mol. The molecule has 0 fully saturated rings. The second-order valence-corrected chi connectivity index (χ2v) is 24.5. The maximum absolute atomic E-state index is 6.22. The molecular formula is C33H69O3S4Si+. The van der Waals surface area contributed by atoms with Gasteiger partial charge in [-0.25, -0.2) is 0 Å². The molecule has 0 aromatic carbocycles. The molecular weight excluding hydrogens is 601 g/mol. The van der Waals surface area contributed by atoms with E-state index < -0.39 is 7.95 Å². The molecule has 0 aromatic heterocycles. The molecule has 0 rings (SSSR count). The van der Waals surface area contributed by atoms with E-state index in [9.17, 15) is 0 Å². The highest BCUT2D eigenvalue weighted by Crippen LogP contribution is 2.46. The first kappa shape index (κ1) is 42.2. The number of hydrogen-bond acceptors (Lipinski definition) is 6. The molecule has 0 saturated heterocycles. The molecule has 0 aliphatic carbocycles. The fourth-order valence-corrected chi connectivity index (χ4v) is 23.8. The van der Waals surface area contributed by atoms with E-state index in [0.29, 0.717) is 19.8 Å². The molecule has 0 aromatic rings. The molecule has 0 saturated carbocycles. The van der Waals surface area contributed by atoms with E-state index in [4.69, 9.17) is 13.3 Å². The van der Waals surface area contributed by atoms with Crippen LogP contribution in [0.3, 0.4) is 0 Å². The summed E-state index contributed by atoms with van der Waals surface area (Å²) < 4.78 is 18.7. The smallest absolute Gasteiger partial charge is 0.331 e. The lowest BCUT2D eigenvalue weighted by atomic mass is 10.0. The molecule has 1 atom stereocenters. The monoisotopic (exact) mass is 669 g/mol. The fourth-order valence-electron chi connectivity index (χ4n) is 4.75. The van der Waals surface area contributed by atoms with E-state index in [1.54, 1.807) is 0 Å². The highest BCUT2D eigenvalue weighted by Gasteiger charge is 2.66. The van der Waals surface area contributed by atoms with Crippen molar-refractivity contribution in [3.8, 4) is 0 Å². The van der Waals surface area contributed by atoms with Crippen molar-refractivity contribution in [2.24, 2.45) is 0 Å². The van der Waals surface area contributed by atoms with Crippen LogP contribution in [0.5, 0.6) is 0 Å². The highest BCUT2D eigenvalue weighted by atomic mass is 33.8. The Morgan fingerprint density at radius 2 is 0.902 bits per heavy atom. The molecule has 8 heteroatoms. The summed E-state index contributed by atoms with van der Waals surface area (Å²) in [7, 11) is 2.83. The first-order valence-electron chi connectivity index (χ1n) is 17.5. The normalized spacial score (nSPS) is 13.0. The van der Waals surface area contributed by atoms with Gasteiger partial charge in [-0.2, -0.15) is 0 Å². The van der Waals surface area contributed by atoms with E-state index in [2.05, 4.69) is 25.3 Å². The summed E-state index contributed by atoms with van der Waals surface area (Å²) >= 11 is 0. The van der Waals surface area contributed by atoms with Crippen molar-refractivity contribution >= 4 is 47.8 Å². The quantitative estimate of drug-likeness (QED) is 0.0293. The van der Waals surface area contributed by atoms with Gasteiger partial charge < -0.3 is 13.3 Å². The minimum absolute atomic E-state index is 0.161. The summed E-state index contributed by atoms with van der Waals surface area (Å²) in [6.45, 7) is 12.6.